The van der Waals surface area contributed by atoms with Crippen LogP contribution in [0.4, 0.5) is 5.95 Å². The number of carbonyl (C=O) groups is 2. The predicted octanol–water partition coefficient (Wildman–Crippen LogP) is 0.227. The summed E-state index contributed by atoms with van der Waals surface area (Å²) in [4.78, 5) is 28.6. The zero-order chi connectivity index (χ0) is 19.9. The number of benzene rings is 1. The number of carbonyl (C=O) groups excluding carboxylic acids is 2. The second kappa shape index (κ2) is 8.91. The molecule has 146 valence electrons. The molecule has 3 N–H and O–H groups in total. The van der Waals surface area contributed by atoms with Crippen molar-refractivity contribution in [2.75, 3.05) is 12.4 Å². The van der Waals surface area contributed by atoms with Crippen molar-refractivity contribution in [3.63, 3.8) is 0 Å². The Hall–Kier alpha value is -3.53. The zero-order valence-electron chi connectivity index (χ0n) is 15.7. The van der Waals surface area contributed by atoms with Gasteiger partial charge in [0.2, 0.25) is 17.8 Å². The fourth-order valence-corrected chi connectivity index (χ4v) is 2.65. The summed E-state index contributed by atoms with van der Waals surface area (Å²) in [5.41, 5.74) is 1.73. The summed E-state index contributed by atoms with van der Waals surface area (Å²) in [6.07, 6.45) is 4.77. The molecule has 0 saturated carbocycles. The topological polar surface area (TPSA) is 119 Å². The first-order valence-electron chi connectivity index (χ1n) is 8.72. The van der Waals surface area contributed by atoms with Crippen LogP contribution in [0.3, 0.4) is 0 Å². The Labute approximate surface area is 162 Å². The van der Waals surface area contributed by atoms with Gasteiger partial charge in [0.15, 0.2) is 0 Å². The fourth-order valence-electron chi connectivity index (χ4n) is 2.65. The Morgan fingerprint density at radius 2 is 2.00 bits per heavy atom. The van der Waals surface area contributed by atoms with E-state index in [1.165, 1.54) is 11.0 Å². The van der Waals surface area contributed by atoms with Gasteiger partial charge in [-0.3, -0.25) is 19.6 Å². The number of nitrogens with one attached hydrogen (secondary N) is 3. The number of rotatable bonds is 8. The van der Waals surface area contributed by atoms with Gasteiger partial charge in [-0.2, -0.15) is 5.10 Å². The van der Waals surface area contributed by atoms with E-state index in [4.69, 9.17) is 0 Å². The second-order valence-corrected chi connectivity index (χ2v) is 6.19. The summed E-state index contributed by atoms with van der Waals surface area (Å²) in [6, 6.07) is 9.03. The van der Waals surface area contributed by atoms with E-state index >= 15 is 0 Å². The molecular formula is C18H22N8O2. The lowest BCUT2D eigenvalue weighted by molar-refractivity contribution is -0.122. The normalized spacial score (nSPS) is 11.8. The van der Waals surface area contributed by atoms with Gasteiger partial charge in [-0.05, 0) is 12.6 Å². The molecule has 0 aliphatic carbocycles. The molecule has 0 radical (unpaired) electrons. The summed E-state index contributed by atoms with van der Waals surface area (Å²) in [6.45, 7) is 0.445. The van der Waals surface area contributed by atoms with Crippen LogP contribution in [-0.4, -0.2) is 43.4 Å². The lowest BCUT2D eigenvalue weighted by atomic mass is 10.1. The molecule has 0 fully saturated rings. The van der Waals surface area contributed by atoms with Crippen molar-refractivity contribution in [2.45, 2.75) is 19.1 Å². The minimum atomic E-state index is -0.588. The zero-order valence-corrected chi connectivity index (χ0v) is 15.7. The van der Waals surface area contributed by atoms with E-state index < -0.39 is 6.04 Å². The number of aryl methyl sites for hydroxylation is 1. The number of nitrogens with zero attached hydrogens (tertiary/aromatic N) is 5. The SMILES string of the molecule is CNC(C(=O)Nc1ncn(CC(=O)NCc2ccccc2)n1)c1cnn(C)c1. The average Bonchev–Trinajstić information content (AvgIpc) is 3.30. The van der Waals surface area contributed by atoms with Gasteiger partial charge in [-0.1, -0.05) is 30.3 Å². The van der Waals surface area contributed by atoms with Crippen LogP contribution < -0.4 is 16.0 Å². The van der Waals surface area contributed by atoms with Crippen LogP contribution in [0.25, 0.3) is 0 Å². The Morgan fingerprint density at radius 3 is 2.68 bits per heavy atom. The third kappa shape index (κ3) is 5.01. The van der Waals surface area contributed by atoms with E-state index in [1.807, 2.05) is 30.3 Å². The lowest BCUT2D eigenvalue weighted by Crippen LogP contribution is -2.31. The van der Waals surface area contributed by atoms with E-state index in [2.05, 4.69) is 31.1 Å². The van der Waals surface area contributed by atoms with Crippen LogP contribution in [0.15, 0.2) is 49.1 Å². The Bertz CT molecular complexity index is 934. The molecule has 2 amide bonds. The number of anilines is 1. The molecule has 0 aliphatic rings. The molecule has 10 nitrogen and oxygen atoms in total. The largest absolute Gasteiger partial charge is 0.350 e. The van der Waals surface area contributed by atoms with Crippen molar-refractivity contribution < 1.29 is 9.59 Å². The molecule has 10 heteroatoms. The van der Waals surface area contributed by atoms with Crippen LogP contribution in [0.1, 0.15) is 17.2 Å². The van der Waals surface area contributed by atoms with E-state index in [-0.39, 0.29) is 24.3 Å². The highest BCUT2D eigenvalue weighted by atomic mass is 16.2. The highest BCUT2D eigenvalue weighted by molar-refractivity contribution is 5.94. The quantitative estimate of drug-likeness (QED) is 0.513. The Morgan fingerprint density at radius 1 is 1.21 bits per heavy atom. The van der Waals surface area contributed by atoms with E-state index in [1.54, 1.807) is 31.2 Å². The highest BCUT2D eigenvalue weighted by Crippen LogP contribution is 2.13. The Balaban J connectivity index is 1.53. The monoisotopic (exact) mass is 382 g/mol. The standard InChI is InChI=1S/C18H22N8O2/c1-19-16(14-9-22-25(2)10-14)17(28)23-18-21-12-26(24-18)11-15(27)20-8-13-6-4-3-5-7-13/h3-7,9-10,12,16,19H,8,11H2,1-2H3,(H,20,27)(H,23,24,28). The third-order valence-corrected chi connectivity index (χ3v) is 4.02. The van der Waals surface area contributed by atoms with Crippen molar-refractivity contribution in [1.82, 2.24) is 35.2 Å². The number of likely N-dealkylation sites (N-methyl/N-ethyl adjacent to an activating group) is 1. The van der Waals surface area contributed by atoms with E-state index in [0.717, 1.165) is 11.1 Å². The van der Waals surface area contributed by atoms with Crippen LogP contribution in [0.5, 0.6) is 0 Å². The maximum absolute atomic E-state index is 12.5. The molecule has 0 spiro atoms. The van der Waals surface area contributed by atoms with Crippen molar-refractivity contribution in [3.8, 4) is 0 Å². The molecule has 1 atom stereocenters. The van der Waals surface area contributed by atoms with Gasteiger partial charge in [0.05, 0.1) is 6.20 Å². The maximum Gasteiger partial charge on any atom is 0.248 e. The molecule has 1 unspecified atom stereocenters. The average molecular weight is 382 g/mol. The first-order chi connectivity index (χ1) is 13.5. The van der Waals surface area contributed by atoms with Crippen LogP contribution in [0, 0.1) is 0 Å². The first kappa shape index (κ1) is 19.2. The molecule has 28 heavy (non-hydrogen) atoms. The Kier molecular flexibility index (Phi) is 6.12. The number of amides is 2. The lowest BCUT2D eigenvalue weighted by Gasteiger charge is -2.12. The number of hydrogen-bond acceptors (Lipinski definition) is 6. The molecule has 0 bridgehead atoms. The first-order valence-corrected chi connectivity index (χ1v) is 8.72. The number of aromatic nitrogens is 5. The van der Waals surface area contributed by atoms with E-state index in [0.29, 0.717) is 6.54 Å². The molecule has 2 heterocycles. The molecule has 3 rings (SSSR count). The van der Waals surface area contributed by atoms with Gasteiger partial charge in [-0.25, -0.2) is 9.67 Å². The summed E-state index contributed by atoms with van der Waals surface area (Å²) in [7, 11) is 3.46. The van der Waals surface area contributed by atoms with Crippen LogP contribution >= 0.6 is 0 Å². The van der Waals surface area contributed by atoms with Crippen molar-refractivity contribution in [3.05, 3.63) is 60.2 Å². The van der Waals surface area contributed by atoms with Gasteiger partial charge in [0.1, 0.15) is 18.9 Å². The van der Waals surface area contributed by atoms with Crippen molar-refractivity contribution in [2.24, 2.45) is 7.05 Å². The summed E-state index contributed by atoms with van der Waals surface area (Å²) < 4.78 is 2.99. The smallest absolute Gasteiger partial charge is 0.248 e. The van der Waals surface area contributed by atoms with Gasteiger partial charge >= 0.3 is 0 Å². The van der Waals surface area contributed by atoms with Crippen molar-refractivity contribution >= 4 is 17.8 Å². The minimum absolute atomic E-state index is 0.00770. The molecule has 3 aromatic rings. The maximum atomic E-state index is 12.5. The summed E-state index contributed by atoms with van der Waals surface area (Å²) in [5.74, 6) is -0.387. The predicted molar refractivity (Wildman–Crippen MR) is 102 cm³/mol. The summed E-state index contributed by atoms with van der Waals surface area (Å²) >= 11 is 0. The molecule has 0 saturated heterocycles. The van der Waals surface area contributed by atoms with E-state index in [9.17, 15) is 9.59 Å². The second-order valence-electron chi connectivity index (χ2n) is 6.19. The molecular weight excluding hydrogens is 360 g/mol. The van der Waals surface area contributed by atoms with Gasteiger partial charge < -0.3 is 10.6 Å². The fraction of sp³-hybridized carbons (Fsp3) is 0.278. The highest BCUT2D eigenvalue weighted by Gasteiger charge is 2.21. The minimum Gasteiger partial charge on any atom is -0.350 e. The van der Waals surface area contributed by atoms with Gasteiger partial charge in [-0.15, -0.1) is 5.10 Å². The molecule has 1 aromatic carbocycles. The molecule has 0 aliphatic heterocycles. The molecule has 2 aromatic heterocycles. The number of hydrogen-bond donors (Lipinski definition) is 3. The van der Waals surface area contributed by atoms with Gasteiger partial charge in [0, 0.05) is 25.4 Å². The summed E-state index contributed by atoms with van der Waals surface area (Å²) in [5, 5.41) is 16.6. The third-order valence-electron chi connectivity index (χ3n) is 4.02. The van der Waals surface area contributed by atoms with Gasteiger partial charge in [0.25, 0.3) is 0 Å². The van der Waals surface area contributed by atoms with Crippen molar-refractivity contribution in [1.29, 1.82) is 0 Å². The van der Waals surface area contributed by atoms with Crippen LogP contribution in [-0.2, 0) is 29.7 Å². The van der Waals surface area contributed by atoms with Crippen LogP contribution in [0.2, 0.25) is 0 Å².